The van der Waals surface area contributed by atoms with Gasteiger partial charge in [0.25, 0.3) is 0 Å². The molecule has 1 saturated heterocycles. The van der Waals surface area contributed by atoms with Crippen LogP contribution in [0.2, 0.25) is 0 Å². The molecule has 1 heterocycles. The Morgan fingerprint density at radius 2 is 1.89 bits per heavy atom. The van der Waals surface area contributed by atoms with E-state index < -0.39 is 12.8 Å². The Bertz CT molecular complexity index is 239. The number of nitrogens with zero attached hydrogens (tertiary/aromatic N) is 1. The number of hydrogen-bond acceptors (Lipinski definition) is 3. The summed E-state index contributed by atoms with van der Waals surface area (Å²) in [6.07, 6.45) is -1.99. The molecule has 1 N–H and O–H groups in total. The zero-order chi connectivity index (χ0) is 14.3. The molecule has 0 atom stereocenters. The number of piperidine rings is 1. The number of nitrogens with one attached hydrogen (secondary N) is 1. The van der Waals surface area contributed by atoms with Crippen LogP contribution < -0.4 is 5.32 Å². The Morgan fingerprint density at radius 1 is 1.26 bits per heavy atom. The Balaban J connectivity index is 2.04. The van der Waals surface area contributed by atoms with Crippen molar-refractivity contribution < 1.29 is 17.9 Å². The van der Waals surface area contributed by atoms with Gasteiger partial charge >= 0.3 is 6.18 Å². The number of likely N-dealkylation sites (tertiary alicyclic amines) is 1. The van der Waals surface area contributed by atoms with Crippen LogP contribution in [0.4, 0.5) is 13.2 Å². The molecule has 0 aromatic carbocycles. The van der Waals surface area contributed by atoms with Gasteiger partial charge in [-0.1, -0.05) is 13.8 Å². The van der Waals surface area contributed by atoms with Crippen LogP contribution in [0.3, 0.4) is 0 Å². The summed E-state index contributed by atoms with van der Waals surface area (Å²) in [5.74, 6) is 0.690. The van der Waals surface area contributed by atoms with E-state index in [9.17, 15) is 13.2 Å². The Kier molecular flexibility index (Phi) is 7.10. The molecule has 0 unspecified atom stereocenters. The molecule has 0 aromatic rings. The first kappa shape index (κ1) is 16.7. The highest BCUT2D eigenvalue weighted by Gasteiger charge is 2.27. The summed E-state index contributed by atoms with van der Waals surface area (Å²) in [6, 6.07) is 0.508. The molecule has 1 fully saturated rings. The number of halogens is 3. The molecule has 0 amide bonds. The fourth-order valence-corrected chi connectivity index (χ4v) is 2.20. The van der Waals surface area contributed by atoms with Gasteiger partial charge in [0, 0.05) is 12.6 Å². The van der Waals surface area contributed by atoms with Crippen molar-refractivity contribution in [3.63, 3.8) is 0 Å². The van der Waals surface area contributed by atoms with Crippen molar-refractivity contribution in [1.29, 1.82) is 0 Å². The smallest absolute Gasteiger partial charge is 0.371 e. The van der Waals surface area contributed by atoms with E-state index in [0.717, 1.165) is 32.5 Å². The van der Waals surface area contributed by atoms with E-state index in [1.54, 1.807) is 0 Å². The SMILES string of the molecule is CC(C)NCC1CCN(CCOCC(F)(F)F)CC1. The maximum atomic E-state index is 11.9. The topological polar surface area (TPSA) is 24.5 Å². The zero-order valence-electron chi connectivity index (χ0n) is 11.8. The maximum absolute atomic E-state index is 11.9. The molecule has 0 spiro atoms. The van der Waals surface area contributed by atoms with Gasteiger partial charge in [-0.05, 0) is 38.4 Å². The van der Waals surface area contributed by atoms with Crippen LogP contribution in [0.15, 0.2) is 0 Å². The molecule has 0 radical (unpaired) electrons. The highest BCUT2D eigenvalue weighted by atomic mass is 19.4. The molecule has 0 saturated carbocycles. The number of alkyl halides is 3. The lowest BCUT2D eigenvalue weighted by Gasteiger charge is -2.32. The van der Waals surface area contributed by atoms with Crippen LogP contribution in [-0.4, -0.2) is 56.5 Å². The van der Waals surface area contributed by atoms with Crippen molar-refractivity contribution in [1.82, 2.24) is 10.2 Å². The largest absolute Gasteiger partial charge is 0.411 e. The molecule has 1 aliphatic heterocycles. The average Bonchev–Trinajstić information content (AvgIpc) is 2.32. The first-order chi connectivity index (χ1) is 8.87. The van der Waals surface area contributed by atoms with Gasteiger partial charge in [-0.15, -0.1) is 0 Å². The lowest BCUT2D eigenvalue weighted by atomic mass is 9.96. The van der Waals surface area contributed by atoms with E-state index in [-0.39, 0.29) is 6.61 Å². The maximum Gasteiger partial charge on any atom is 0.411 e. The quantitative estimate of drug-likeness (QED) is 0.725. The van der Waals surface area contributed by atoms with Gasteiger partial charge < -0.3 is 15.0 Å². The molecule has 0 aliphatic carbocycles. The molecule has 0 aromatic heterocycles. The summed E-state index contributed by atoms with van der Waals surface area (Å²) in [7, 11) is 0. The van der Waals surface area contributed by atoms with Gasteiger partial charge in [-0.25, -0.2) is 0 Å². The third-order valence-electron chi connectivity index (χ3n) is 3.34. The lowest BCUT2D eigenvalue weighted by Crippen LogP contribution is -2.40. The predicted octanol–water partition coefficient (Wildman–Crippen LogP) is 2.28. The molecule has 114 valence electrons. The third kappa shape index (κ3) is 8.44. The Hall–Kier alpha value is -0.330. The molecule has 19 heavy (non-hydrogen) atoms. The highest BCUT2D eigenvalue weighted by Crippen LogP contribution is 2.17. The zero-order valence-corrected chi connectivity index (χ0v) is 11.8. The third-order valence-corrected chi connectivity index (χ3v) is 3.34. The normalized spacial score (nSPS) is 19.3. The van der Waals surface area contributed by atoms with E-state index in [1.807, 2.05) is 0 Å². The van der Waals surface area contributed by atoms with Crippen molar-refractivity contribution in [2.75, 3.05) is 39.4 Å². The molecule has 6 heteroatoms. The molecule has 1 rings (SSSR count). The minimum Gasteiger partial charge on any atom is -0.371 e. The van der Waals surface area contributed by atoms with Gasteiger partial charge in [0.05, 0.1) is 6.61 Å². The van der Waals surface area contributed by atoms with Crippen molar-refractivity contribution in [2.45, 2.75) is 38.9 Å². The van der Waals surface area contributed by atoms with Crippen LogP contribution in [0.5, 0.6) is 0 Å². The monoisotopic (exact) mass is 282 g/mol. The summed E-state index contributed by atoms with van der Waals surface area (Å²) < 4.78 is 40.3. The summed E-state index contributed by atoms with van der Waals surface area (Å²) in [4.78, 5) is 2.18. The molecular formula is C13H25F3N2O. The van der Waals surface area contributed by atoms with Crippen LogP contribution in [0.1, 0.15) is 26.7 Å². The minimum absolute atomic E-state index is 0.161. The molecule has 3 nitrogen and oxygen atoms in total. The Labute approximate surface area is 113 Å². The van der Waals surface area contributed by atoms with E-state index >= 15 is 0 Å². The minimum atomic E-state index is -4.21. The standard InChI is InChI=1S/C13H25F3N2O/c1-11(2)17-9-12-3-5-18(6-4-12)7-8-19-10-13(14,15)16/h11-12,17H,3-10H2,1-2H3. The van der Waals surface area contributed by atoms with Crippen LogP contribution in [0, 0.1) is 5.92 Å². The van der Waals surface area contributed by atoms with Crippen molar-refractivity contribution in [2.24, 2.45) is 5.92 Å². The first-order valence-corrected chi connectivity index (χ1v) is 6.97. The first-order valence-electron chi connectivity index (χ1n) is 6.97. The Morgan fingerprint density at radius 3 is 2.42 bits per heavy atom. The highest BCUT2D eigenvalue weighted by molar-refractivity contribution is 4.74. The van der Waals surface area contributed by atoms with Crippen LogP contribution >= 0.6 is 0 Å². The molecular weight excluding hydrogens is 257 g/mol. The number of ether oxygens (including phenoxy) is 1. The molecule has 0 bridgehead atoms. The van der Waals surface area contributed by atoms with Gasteiger partial charge in [-0.3, -0.25) is 0 Å². The van der Waals surface area contributed by atoms with Crippen molar-refractivity contribution in [3.05, 3.63) is 0 Å². The van der Waals surface area contributed by atoms with E-state index in [2.05, 4.69) is 28.8 Å². The summed E-state index contributed by atoms with van der Waals surface area (Å²) in [6.45, 7) is 6.84. The van der Waals surface area contributed by atoms with Gasteiger partial charge in [0.1, 0.15) is 6.61 Å². The summed E-state index contributed by atoms with van der Waals surface area (Å²) in [5.41, 5.74) is 0. The van der Waals surface area contributed by atoms with Gasteiger partial charge in [-0.2, -0.15) is 13.2 Å². The fraction of sp³-hybridized carbons (Fsp3) is 1.00. The van der Waals surface area contributed by atoms with Crippen molar-refractivity contribution >= 4 is 0 Å². The molecule has 1 aliphatic rings. The second-order valence-electron chi connectivity index (χ2n) is 5.52. The van der Waals surface area contributed by atoms with Gasteiger partial charge in [0.15, 0.2) is 0 Å². The van der Waals surface area contributed by atoms with Crippen LogP contribution in [-0.2, 0) is 4.74 Å². The van der Waals surface area contributed by atoms with Crippen molar-refractivity contribution in [3.8, 4) is 0 Å². The number of rotatable bonds is 7. The summed E-state index contributed by atoms with van der Waals surface area (Å²) >= 11 is 0. The van der Waals surface area contributed by atoms with E-state index in [0.29, 0.717) is 18.5 Å². The van der Waals surface area contributed by atoms with E-state index in [4.69, 9.17) is 0 Å². The number of hydrogen-bond donors (Lipinski definition) is 1. The predicted molar refractivity (Wildman–Crippen MR) is 69.2 cm³/mol. The fourth-order valence-electron chi connectivity index (χ4n) is 2.20. The second-order valence-corrected chi connectivity index (χ2v) is 5.52. The summed E-state index contributed by atoms with van der Waals surface area (Å²) in [5, 5.41) is 3.43. The second kappa shape index (κ2) is 8.07. The van der Waals surface area contributed by atoms with Gasteiger partial charge in [0.2, 0.25) is 0 Å². The van der Waals surface area contributed by atoms with E-state index in [1.165, 1.54) is 0 Å². The average molecular weight is 282 g/mol. The van der Waals surface area contributed by atoms with Crippen LogP contribution in [0.25, 0.3) is 0 Å². The lowest BCUT2D eigenvalue weighted by molar-refractivity contribution is -0.174.